The molecule has 0 spiro atoms. The summed E-state index contributed by atoms with van der Waals surface area (Å²) in [5.41, 5.74) is -0.471. The second-order valence-electron chi connectivity index (χ2n) is 4.86. The lowest BCUT2D eigenvalue weighted by Crippen LogP contribution is -2.17. The number of carbonyl (C=O) groups is 1. The topological polar surface area (TPSA) is 66.9 Å². The van der Waals surface area contributed by atoms with Crippen molar-refractivity contribution in [3.8, 4) is 0 Å². The summed E-state index contributed by atoms with van der Waals surface area (Å²) in [6, 6.07) is 3.32. The zero-order chi connectivity index (χ0) is 15.7. The number of benzene rings is 1. The molecule has 22 heavy (non-hydrogen) atoms. The average Bonchev–Trinajstić information content (AvgIpc) is 3.32. The van der Waals surface area contributed by atoms with Crippen LogP contribution in [0.2, 0.25) is 0 Å². The van der Waals surface area contributed by atoms with Gasteiger partial charge in [-0.1, -0.05) is 0 Å². The van der Waals surface area contributed by atoms with Gasteiger partial charge in [0.1, 0.15) is 5.69 Å². The van der Waals surface area contributed by atoms with E-state index < -0.39 is 29.0 Å². The smallest absolute Gasteiger partial charge is 0.274 e. The van der Waals surface area contributed by atoms with Crippen molar-refractivity contribution in [2.75, 3.05) is 10.6 Å². The number of carbonyl (C=O) groups excluding carboxylic acids is 1. The van der Waals surface area contributed by atoms with Crippen LogP contribution in [0, 0.1) is 17.5 Å². The Labute approximate surface area is 123 Å². The fourth-order valence-corrected chi connectivity index (χ4v) is 1.77. The summed E-state index contributed by atoms with van der Waals surface area (Å²) in [6.45, 7) is 0. The van der Waals surface area contributed by atoms with Crippen molar-refractivity contribution in [2.24, 2.45) is 0 Å². The summed E-state index contributed by atoms with van der Waals surface area (Å²) < 4.78 is 39.5. The van der Waals surface area contributed by atoms with Crippen molar-refractivity contribution in [3.05, 3.63) is 47.5 Å². The largest absolute Gasteiger partial charge is 0.351 e. The van der Waals surface area contributed by atoms with Gasteiger partial charge in [0.2, 0.25) is 5.95 Å². The van der Waals surface area contributed by atoms with Gasteiger partial charge < -0.3 is 10.6 Å². The Morgan fingerprint density at radius 2 is 1.91 bits per heavy atom. The van der Waals surface area contributed by atoms with Crippen LogP contribution < -0.4 is 10.6 Å². The van der Waals surface area contributed by atoms with Gasteiger partial charge in [-0.25, -0.2) is 23.1 Å². The number of rotatable bonds is 4. The number of aromatic nitrogens is 2. The highest BCUT2D eigenvalue weighted by Crippen LogP contribution is 2.23. The van der Waals surface area contributed by atoms with Gasteiger partial charge in [0.15, 0.2) is 17.5 Å². The van der Waals surface area contributed by atoms with Gasteiger partial charge in [-0.05, 0) is 31.0 Å². The van der Waals surface area contributed by atoms with Crippen LogP contribution >= 0.6 is 0 Å². The number of nitrogens with one attached hydrogen (secondary N) is 2. The van der Waals surface area contributed by atoms with E-state index in [-0.39, 0.29) is 5.69 Å². The molecular weight excluding hydrogens is 297 g/mol. The molecule has 1 aromatic carbocycles. The lowest BCUT2D eigenvalue weighted by molar-refractivity contribution is 0.102. The third-order valence-corrected chi connectivity index (χ3v) is 3.08. The van der Waals surface area contributed by atoms with Crippen LogP contribution in [-0.4, -0.2) is 21.9 Å². The SMILES string of the molecule is O=C(Nc1ccc(F)c(F)c1F)c1ccnc(NC2CC2)n1. The standard InChI is InChI=1S/C14H11F3N4O/c15-8-3-4-9(12(17)11(8)16)20-13(22)10-5-6-18-14(21-10)19-7-1-2-7/h3-7H,1-2H2,(H,20,22)(H,18,19,21). The first-order valence-electron chi connectivity index (χ1n) is 6.59. The minimum atomic E-state index is -1.64. The van der Waals surface area contributed by atoms with Crippen LogP contribution in [0.15, 0.2) is 24.4 Å². The van der Waals surface area contributed by atoms with Crippen molar-refractivity contribution >= 4 is 17.5 Å². The minimum absolute atomic E-state index is 0.0118. The van der Waals surface area contributed by atoms with E-state index in [1.54, 1.807) is 0 Å². The predicted molar refractivity (Wildman–Crippen MR) is 72.9 cm³/mol. The predicted octanol–water partition coefficient (Wildman–Crippen LogP) is 2.72. The van der Waals surface area contributed by atoms with Crippen molar-refractivity contribution in [1.29, 1.82) is 0 Å². The lowest BCUT2D eigenvalue weighted by atomic mass is 10.2. The Hall–Kier alpha value is -2.64. The van der Waals surface area contributed by atoms with E-state index in [0.717, 1.165) is 25.0 Å². The number of hydrogen-bond acceptors (Lipinski definition) is 4. The van der Waals surface area contributed by atoms with Crippen LogP contribution in [0.1, 0.15) is 23.3 Å². The van der Waals surface area contributed by atoms with E-state index in [0.29, 0.717) is 12.0 Å². The molecule has 5 nitrogen and oxygen atoms in total. The van der Waals surface area contributed by atoms with Gasteiger partial charge in [-0.15, -0.1) is 0 Å². The molecule has 0 bridgehead atoms. The molecule has 0 saturated heterocycles. The number of amides is 1. The van der Waals surface area contributed by atoms with E-state index in [1.165, 1.54) is 12.3 Å². The van der Waals surface area contributed by atoms with E-state index in [2.05, 4.69) is 20.6 Å². The Bertz CT molecular complexity index is 734. The second-order valence-corrected chi connectivity index (χ2v) is 4.86. The molecule has 1 aliphatic rings. The Morgan fingerprint density at radius 3 is 2.64 bits per heavy atom. The molecule has 1 aliphatic carbocycles. The monoisotopic (exact) mass is 308 g/mol. The Kier molecular flexibility index (Phi) is 3.66. The van der Waals surface area contributed by atoms with Gasteiger partial charge in [-0.2, -0.15) is 0 Å². The highest BCUT2D eigenvalue weighted by Gasteiger charge is 2.22. The molecule has 0 unspecified atom stereocenters. The van der Waals surface area contributed by atoms with E-state index in [4.69, 9.17) is 0 Å². The molecule has 1 saturated carbocycles. The molecule has 0 atom stereocenters. The normalized spacial score (nSPS) is 13.8. The van der Waals surface area contributed by atoms with Gasteiger partial charge in [0.05, 0.1) is 5.69 Å². The lowest BCUT2D eigenvalue weighted by Gasteiger charge is -2.08. The number of halogens is 3. The second kappa shape index (κ2) is 5.63. The van der Waals surface area contributed by atoms with Gasteiger partial charge in [0, 0.05) is 12.2 Å². The number of hydrogen-bond donors (Lipinski definition) is 2. The number of nitrogens with zero attached hydrogens (tertiary/aromatic N) is 2. The third kappa shape index (κ3) is 3.00. The fraction of sp³-hybridized carbons (Fsp3) is 0.214. The van der Waals surface area contributed by atoms with Crippen LogP contribution in [0.3, 0.4) is 0 Å². The number of anilines is 2. The van der Waals surface area contributed by atoms with Gasteiger partial charge in [-0.3, -0.25) is 4.79 Å². The molecular formula is C14H11F3N4O. The molecule has 1 aromatic heterocycles. The first kappa shape index (κ1) is 14.3. The zero-order valence-corrected chi connectivity index (χ0v) is 11.2. The molecule has 0 aliphatic heterocycles. The molecule has 1 fully saturated rings. The van der Waals surface area contributed by atoms with Crippen molar-refractivity contribution in [3.63, 3.8) is 0 Å². The summed E-state index contributed by atoms with van der Waals surface area (Å²) in [7, 11) is 0. The third-order valence-electron chi connectivity index (χ3n) is 3.08. The molecule has 3 rings (SSSR count). The maximum Gasteiger partial charge on any atom is 0.274 e. The summed E-state index contributed by atoms with van der Waals surface area (Å²) in [5.74, 6) is -4.88. The molecule has 1 amide bonds. The summed E-state index contributed by atoms with van der Waals surface area (Å²) in [6.07, 6.45) is 3.41. The van der Waals surface area contributed by atoms with Crippen LogP contribution in [0.4, 0.5) is 24.8 Å². The first-order chi connectivity index (χ1) is 10.5. The Morgan fingerprint density at radius 1 is 1.14 bits per heavy atom. The molecule has 114 valence electrons. The summed E-state index contributed by atoms with van der Waals surface area (Å²) in [4.78, 5) is 20.0. The van der Waals surface area contributed by atoms with Crippen molar-refractivity contribution in [1.82, 2.24) is 9.97 Å². The molecule has 2 aromatic rings. The molecule has 1 heterocycles. The summed E-state index contributed by atoms with van der Waals surface area (Å²) >= 11 is 0. The highest BCUT2D eigenvalue weighted by molar-refractivity contribution is 6.03. The maximum absolute atomic E-state index is 13.5. The van der Waals surface area contributed by atoms with E-state index in [1.807, 2.05) is 0 Å². The van der Waals surface area contributed by atoms with Gasteiger partial charge >= 0.3 is 0 Å². The average molecular weight is 308 g/mol. The maximum atomic E-state index is 13.5. The quantitative estimate of drug-likeness (QED) is 0.852. The molecule has 0 radical (unpaired) electrons. The fourth-order valence-electron chi connectivity index (χ4n) is 1.77. The molecule has 2 N–H and O–H groups in total. The van der Waals surface area contributed by atoms with Gasteiger partial charge in [0.25, 0.3) is 5.91 Å². The minimum Gasteiger partial charge on any atom is -0.351 e. The van der Waals surface area contributed by atoms with Crippen molar-refractivity contribution in [2.45, 2.75) is 18.9 Å². The Balaban J connectivity index is 1.78. The van der Waals surface area contributed by atoms with Crippen molar-refractivity contribution < 1.29 is 18.0 Å². The molecule has 8 heteroatoms. The van der Waals surface area contributed by atoms with E-state index >= 15 is 0 Å². The van der Waals surface area contributed by atoms with Crippen LogP contribution in [0.25, 0.3) is 0 Å². The van der Waals surface area contributed by atoms with E-state index in [9.17, 15) is 18.0 Å². The zero-order valence-electron chi connectivity index (χ0n) is 11.2. The van der Waals surface area contributed by atoms with Crippen LogP contribution in [-0.2, 0) is 0 Å². The first-order valence-corrected chi connectivity index (χ1v) is 6.59. The van der Waals surface area contributed by atoms with Crippen LogP contribution in [0.5, 0.6) is 0 Å². The summed E-state index contributed by atoms with van der Waals surface area (Å²) in [5, 5.41) is 5.17. The highest BCUT2D eigenvalue weighted by atomic mass is 19.2.